The monoisotopic (exact) mass is 485 g/mol. The van der Waals surface area contributed by atoms with Crippen LogP contribution < -0.4 is 5.32 Å². The van der Waals surface area contributed by atoms with Crippen molar-refractivity contribution in [2.45, 2.75) is 45.3 Å². The highest BCUT2D eigenvalue weighted by atomic mass is 19.1. The minimum absolute atomic E-state index is 0.141. The molecule has 1 heterocycles. The maximum Gasteiger partial charge on any atom is 0.308 e. The van der Waals surface area contributed by atoms with E-state index in [-0.39, 0.29) is 36.2 Å². The number of para-hydroxylation sites is 1. The van der Waals surface area contributed by atoms with Gasteiger partial charge in [-0.1, -0.05) is 18.2 Å². The van der Waals surface area contributed by atoms with E-state index < -0.39 is 34.6 Å². The number of piperidine rings is 1. The molecule has 0 saturated carbocycles. The standard InChI is InChI=1S/C25H28FN3O6/c1-16(2)35-23(30)14-21(20-7-3-4-8-22(20)29(33)34)27-24(31)18-6-5-13-28(15-18)25(32)17-9-11-19(26)12-10-17/h3-4,7-12,16,18,21H,5-6,13-15H2,1-2H3,(H,27,31). The molecule has 9 nitrogen and oxygen atoms in total. The fraction of sp³-hybridized carbons (Fsp3) is 0.400. The van der Waals surface area contributed by atoms with Gasteiger partial charge in [-0.15, -0.1) is 0 Å². The van der Waals surface area contributed by atoms with Crippen LogP contribution in [0.3, 0.4) is 0 Å². The molecule has 10 heteroatoms. The van der Waals surface area contributed by atoms with Crippen molar-refractivity contribution in [1.82, 2.24) is 10.2 Å². The lowest BCUT2D eigenvalue weighted by Crippen LogP contribution is -2.46. The van der Waals surface area contributed by atoms with Crippen LogP contribution in [0, 0.1) is 21.8 Å². The Morgan fingerprint density at radius 2 is 1.86 bits per heavy atom. The molecule has 186 valence electrons. The molecular formula is C25H28FN3O6. The number of likely N-dealkylation sites (tertiary alicyclic amines) is 1. The van der Waals surface area contributed by atoms with Crippen LogP contribution in [0.25, 0.3) is 0 Å². The van der Waals surface area contributed by atoms with E-state index in [2.05, 4.69) is 5.32 Å². The normalized spacial score (nSPS) is 16.5. The van der Waals surface area contributed by atoms with Gasteiger partial charge in [0.2, 0.25) is 5.91 Å². The molecule has 1 fully saturated rings. The number of nitro groups is 1. The summed E-state index contributed by atoms with van der Waals surface area (Å²) in [7, 11) is 0. The van der Waals surface area contributed by atoms with Gasteiger partial charge in [0.15, 0.2) is 0 Å². The van der Waals surface area contributed by atoms with E-state index in [0.29, 0.717) is 24.9 Å². The van der Waals surface area contributed by atoms with Gasteiger partial charge < -0.3 is 15.0 Å². The molecule has 0 radical (unpaired) electrons. The highest BCUT2D eigenvalue weighted by Gasteiger charge is 2.32. The highest BCUT2D eigenvalue weighted by Crippen LogP contribution is 2.29. The van der Waals surface area contributed by atoms with Crippen molar-refractivity contribution in [3.63, 3.8) is 0 Å². The lowest BCUT2D eigenvalue weighted by Gasteiger charge is -2.33. The summed E-state index contributed by atoms with van der Waals surface area (Å²) in [6.07, 6.45) is 0.434. The second-order valence-corrected chi connectivity index (χ2v) is 8.72. The number of hydrogen-bond acceptors (Lipinski definition) is 6. The van der Waals surface area contributed by atoms with E-state index in [4.69, 9.17) is 4.74 Å². The zero-order valence-electron chi connectivity index (χ0n) is 19.6. The molecule has 1 aliphatic heterocycles. The topological polar surface area (TPSA) is 119 Å². The fourth-order valence-electron chi connectivity index (χ4n) is 4.11. The first-order valence-electron chi connectivity index (χ1n) is 11.4. The Labute approximate surface area is 202 Å². The molecule has 1 aliphatic rings. The summed E-state index contributed by atoms with van der Waals surface area (Å²) < 4.78 is 18.4. The Kier molecular flexibility index (Phi) is 8.51. The van der Waals surface area contributed by atoms with E-state index in [1.807, 2.05) is 0 Å². The van der Waals surface area contributed by atoms with E-state index >= 15 is 0 Å². The molecule has 2 atom stereocenters. The Bertz CT molecular complexity index is 1090. The lowest BCUT2D eigenvalue weighted by atomic mass is 9.94. The number of ether oxygens (including phenoxy) is 1. The van der Waals surface area contributed by atoms with Crippen LogP contribution in [-0.4, -0.2) is 46.8 Å². The average molecular weight is 486 g/mol. The van der Waals surface area contributed by atoms with Crippen molar-refractivity contribution in [2.75, 3.05) is 13.1 Å². The third-order valence-electron chi connectivity index (χ3n) is 5.73. The Morgan fingerprint density at radius 3 is 2.51 bits per heavy atom. The average Bonchev–Trinajstić information content (AvgIpc) is 2.83. The van der Waals surface area contributed by atoms with E-state index in [0.717, 1.165) is 0 Å². The summed E-state index contributed by atoms with van der Waals surface area (Å²) >= 11 is 0. The maximum absolute atomic E-state index is 13.2. The molecule has 1 N–H and O–H groups in total. The van der Waals surface area contributed by atoms with Crippen LogP contribution in [0.1, 0.15) is 55.1 Å². The Hall–Kier alpha value is -3.82. The predicted molar refractivity (Wildman–Crippen MR) is 125 cm³/mol. The number of amides is 2. The molecule has 0 aliphatic carbocycles. The molecule has 2 unspecified atom stereocenters. The summed E-state index contributed by atoms with van der Waals surface area (Å²) in [4.78, 5) is 50.9. The van der Waals surface area contributed by atoms with Gasteiger partial charge in [0, 0.05) is 24.7 Å². The fourth-order valence-corrected chi connectivity index (χ4v) is 4.11. The number of hydrogen-bond donors (Lipinski definition) is 1. The Morgan fingerprint density at radius 1 is 1.17 bits per heavy atom. The number of nitrogens with zero attached hydrogens (tertiary/aromatic N) is 2. The second-order valence-electron chi connectivity index (χ2n) is 8.72. The van der Waals surface area contributed by atoms with Crippen molar-refractivity contribution in [3.8, 4) is 0 Å². The zero-order valence-corrected chi connectivity index (χ0v) is 19.6. The number of carbonyl (C=O) groups is 3. The smallest absolute Gasteiger partial charge is 0.308 e. The molecule has 2 aromatic carbocycles. The number of rotatable bonds is 8. The first kappa shape index (κ1) is 25.8. The number of nitrogens with one attached hydrogen (secondary N) is 1. The minimum atomic E-state index is -0.974. The molecule has 0 bridgehead atoms. The number of nitro benzene ring substituents is 1. The predicted octanol–water partition coefficient (Wildman–Crippen LogP) is 3.79. The maximum atomic E-state index is 13.2. The largest absolute Gasteiger partial charge is 0.463 e. The van der Waals surface area contributed by atoms with Gasteiger partial charge in [-0.05, 0) is 51.0 Å². The molecule has 2 aromatic rings. The summed E-state index contributed by atoms with van der Waals surface area (Å²) in [5.74, 6) is -2.34. The van der Waals surface area contributed by atoms with Crippen molar-refractivity contribution in [3.05, 3.63) is 75.6 Å². The number of benzene rings is 2. The molecule has 0 spiro atoms. The minimum Gasteiger partial charge on any atom is -0.463 e. The van der Waals surface area contributed by atoms with Crippen LogP contribution in [0.5, 0.6) is 0 Å². The number of carbonyl (C=O) groups excluding carboxylic acids is 3. The van der Waals surface area contributed by atoms with Gasteiger partial charge in [0.1, 0.15) is 5.82 Å². The van der Waals surface area contributed by atoms with Crippen molar-refractivity contribution >= 4 is 23.5 Å². The van der Waals surface area contributed by atoms with E-state index in [9.17, 15) is 28.9 Å². The molecule has 0 aromatic heterocycles. The molecular weight excluding hydrogens is 457 g/mol. The van der Waals surface area contributed by atoms with Gasteiger partial charge in [-0.3, -0.25) is 24.5 Å². The van der Waals surface area contributed by atoms with Crippen LogP contribution in [-0.2, 0) is 14.3 Å². The highest BCUT2D eigenvalue weighted by molar-refractivity contribution is 5.94. The quantitative estimate of drug-likeness (QED) is 0.345. The van der Waals surface area contributed by atoms with Crippen molar-refractivity contribution in [2.24, 2.45) is 5.92 Å². The van der Waals surface area contributed by atoms with Crippen LogP contribution in [0.15, 0.2) is 48.5 Å². The van der Waals surface area contributed by atoms with Crippen molar-refractivity contribution < 1.29 is 28.4 Å². The molecule has 35 heavy (non-hydrogen) atoms. The zero-order chi connectivity index (χ0) is 25.5. The van der Waals surface area contributed by atoms with Gasteiger partial charge in [0.05, 0.1) is 35.0 Å². The van der Waals surface area contributed by atoms with Crippen LogP contribution >= 0.6 is 0 Å². The number of halogens is 1. The summed E-state index contributed by atoms with van der Waals surface area (Å²) in [6.45, 7) is 3.97. The van der Waals surface area contributed by atoms with Gasteiger partial charge >= 0.3 is 5.97 Å². The molecule has 2 amide bonds. The Balaban J connectivity index is 1.77. The summed E-state index contributed by atoms with van der Waals surface area (Å²) in [5.41, 5.74) is 0.301. The third kappa shape index (κ3) is 6.84. The van der Waals surface area contributed by atoms with Crippen molar-refractivity contribution in [1.29, 1.82) is 0 Å². The first-order valence-corrected chi connectivity index (χ1v) is 11.4. The van der Waals surface area contributed by atoms with Crippen LogP contribution in [0.2, 0.25) is 0 Å². The lowest BCUT2D eigenvalue weighted by molar-refractivity contribution is -0.385. The molecule has 1 saturated heterocycles. The second kappa shape index (κ2) is 11.5. The van der Waals surface area contributed by atoms with E-state index in [1.165, 1.54) is 47.4 Å². The van der Waals surface area contributed by atoms with Gasteiger partial charge in [-0.2, -0.15) is 0 Å². The third-order valence-corrected chi connectivity index (χ3v) is 5.73. The SMILES string of the molecule is CC(C)OC(=O)CC(NC(=O)C1CCCN(C(=O)c2ccc(F)cc2)C1)c1ccccc1[N+](=O)[O-]. The number of esters is 1. The molecule has 3 rings (SSSR count). The first-order chi connectivity index (χ1) is 16.7. The van der Waals surface area contributed by atoms with E-state index in [1.54, 1.807) is 19.9 Å². The van der Waals surface area contributed by atoms with Gasteiger partial charge in [-0.25, -0.2) is 4.39 Å². The van der Waals surface area contributed by atoms with Crippen LogP contribution in [0.4, 0.5) is 10.1 Å². The summed E-state index contributed by atoms with van der Waals surface area (Å²) in [5, 5.41) is 14.3. The summed E-state index contributed by atoms with van der Waals surface area (Å²) in [6, 6.07) is 10.1. The van der Waals surface area contributed by atoms with Gasteiger partial charge in [0.25, 0.3) is 11.6 Å².